The summed E-state index contributed by atoms with van der Waals surface area (Å²) in [6, 6.07) is 2.94. The SMILES string of the molecule is O=S(=O)(NC[C@@H]1O[C@@H](CO)[C@@H](O)[C@H]1N1CCCC1)c1cccs1. The zero-order chi connectivity index (χ0) is 16.4. The summed E-state index contributed by atoms with van der Waals surface area (Å²) in [6.45, 7) is 1.52. The van der Waals surface area contributed by atoms with E-state index in [0.717, 1.165) is 37.3 Å². The van der Waals surface area contributed by atoms with E-state index in [-0.39, 0.29) is 23.4 Å². The van der Waals surface area contributed by atoms with Crippen molar-refractivity contribution in [2.75, 3.05) is 26.2 Å². The van der Waals surface area contributed by atoms with Gasteiger partial charge in [0.05, 0.1) is 18.8 Å². The quantitative estimate of drug-likeness (QED) is 0.638. The third-order valence-corrected chi connectivity index (χ3v) is 7.26. The molecule has 3 heterocycles. The first-order valence-corrected chi connectivity index (χ1v) is 10.1. The van der Waals surface area contributed by atoms with Crippen molar-refractivity contribution in [2.24, 2.45) is 0 Å². The Morgan fingerprint density at radius 1 is 1.35 bits per heavy atom. The third kappa shape index (κ3) is 3.60. The maximum atomic E-state index is 12.2. The van der Waals surface area contributed by atoms with Gasteiger partial charge in [-0.2, -0.15) is 0 Å². The van der Waals surface area contributed by atoms with Crippen molar-refractivity contribution in [3.05, 3.63) is 17.5 Å². The van der Waals surface area contributed by atoms with Gasteiger partial charge < -0.3 is 14.9 Å². The topological polar surface area (TPSA) is 99.1 Å². The Morgan fingerprint density at radius 3 is 2.70 bits per heavy atom. The van der Waals surface area contributed by atoms with Gasteiger partial charge in [0.2, 0.25) is 10.0 Å². The molecule has 2 fully saturated rings. The first-order chi connectivity index (χ1) is 11.0. The van der Waals surface area contributed by atoms with E-state index >= 15 is 0 Å². The van der Waals surface area contributed by atoms with Gasteiger partial charge in [-0.1, -0.05) is 6.07 Å². The summed E-state index contributed by atoms with van der Waals surface area (Å²) >= 11 is 1.15. The molecule has 2 aliphatic heterocycles. The average molecular weight is 362 g/mol. The van der Waals surface area contributed by atoms with Crippen LogP contribution in [0.3, 0.4) is 0 Å². The molecule has 7 nitrogen and oxygen atoms in total. The number of likely N-dealkylation sites (tertiary alicyclic amines) is 1. The molecule has 3 rings (SSSR count). The molecule has 0 spiro atoms. The molecule has 0 unspecified atom stereocenters. The molecule has 1 aromatic heterocycles. The van der Waals surface area contributed by atoms with Crippen molar-refractivity contribution in [3.63, 3.8) is 0 Å². The van der Waals surface area contributed by atoms with Crippen molar-refractivity contribution < 1.29 is 23.4 Å². The minimum atomic E-state index is -3.57. The van der Waals surface area contributed by atoms with Crippen molar-refractivity contribution in [1.82, 2.24) is 9.62 Å². The Kier molecular flexibility index (Phi) is 5.36. The zero-order valence-corrected chi connectivity index (χ0v) is 14.3. The number of aliphatic hydroxyl groups is 2. The smallest absolute Gasteiger partial charge is 0.250 e. The lowest BCUT2D eigenvalue weighted by atomic mass is 10.0. The lowest BCUT2D eigenvalue weighted by Gasteiger charge is -2.29. The van der Waals surface area contributed by atoms with Gasteiger partial charge in [-0.3, -0.25) is 4.90 Å². The van der Waals surface area contributed by atoms with Crippen LogP contribution in [0.2, 0.25) is 0 Å². The van der Waals surface area contributed by atoms with Crippen LogP contribution in [0.4, 0.5) is 0 Å². The molecule has 0 radical (unpaired) electrons. The highest BCUT2D eigenvalue weighted by Crippen LogP contribution is 2.28. The second-order valence-corrected chi connectivity index (χ2v) is 8.85. The molecule has 0 saturated carbocycles. The van der Waals surface area contributed by atoms with Gasteiger partial charge >= 0.3 is 0 Å². The molecule has 130 valence electrons. The zero-order valence-electron chi connectivity index (χ0n) is 12.7. The summed E-state index contributed by atoms with van der Waals surface area (Å²) < 4.78 is 33.0. The van der Waals surface area contributed by atoms with E-state index in [1.807, 2.05) is 0 Å². The molecule has 2 saturated heterocycles. The second kappa shape index (κ2) is 7.14. The Morgan fingerprint density at radius 2 is 2.09 bits per heavy atom. The summed E-state index contributed by atoms with van der Waals surface area (Å²) in [5.74, 6) is 0. The number of nitrogens with one attached hydrogen (secondary N) is 1. The molecule has 2 aliphatic rings. The standard InChI is InChI=1S/C14H22N2O5S2/c17-9-11-14(18)13(16-5-1-2-6-16)10(21-11)8-15-23(19,20)12-4-3-7-22-12/h3-4,7,10-11,13-15,17-18H,1-2,5-6,8-9H2/t10-,11-,13-,14+/m0/s1. The van der Waals surface area contributed by atoms with Crippen LogP contribution in [0, 0.1) is 0 Å². The number of aliphatic hydroxyl groups excluding tert-OH is 2. The molecule has 3 N–H and O–H groups in total. The normalized spacial score (nSPS) is 32.6. The van der Waals surface area contributed by atoms with Gasteiger partial charge in [-0.15, -0.1) is 11.3 Å². The minimum Gasteiger partial charge on any atom is -0.394 e. The van der Waals surface area contributed by atoms with Gasteiger partial charge in [-0.25, -0.2) is 13.1 Å². The summed E-state index contributed by atoms with van der Waals surface area (Å²) in [4.78, 5) is 2.13. The minimum absolute atomic E-state index is 0.0783. The fraction of sp³-hybridized carbons (Fsp3) is 0.714. The Labute approximate surface area is 139 Å². The third-order valence-electron chi connectivity index (χ3n) is 4.44. The molecule has 0 aromatic carbocycles. The number of ether oxygens (including phenoxy) is 1. The van der Waals surface area contributed by atoms with E-state index in [4.69, 9.17) is 4.74 Å². The second-order valence-electron chi connectivity index (χ2n) is 5.90. The van der Waals surface area contributed by atoms with Crippen LogP contribution in [0.1, 0.15) is 12.8 Å². The maximum absolute atomic E-state index is 12.2. The van der Waals surface area contributed by atoms with Crippen molar-refractivity contribution in [3.8, 4) is 0 Å². The van der Waals surface area contributed by atoms with Crippen LogP contribution < -0.4 is 4.72 Å². The molecule has 4 atom stereocenters. The van der Waals surface area contributed by atoms with Gasteiger partial charge in [0.15, 0.2) is 0 Å². The predicted octanol–water partition coefficient (Wildman–Crippen LogP) is -0.389. The van der Waals surface area contributed by atoms with Gasteiger partial charge in [0.25, 0.3) is 0 Å². The molecule has 0 aliphatic carbocycles. The molecule has 9 heteroatoms. The largest absolute Gasteiger partial charge is 0.394 e. The van der Waals surface area contributed by atoms with Crippen LogP contribution in [0.15, 0.2) is 21.7 Å². The highest BCUT2D eigenvalue weighted by molar-refractivity contribution is 7.91. The van der Waals surface area contributed by atoms with E-state index in [1.54, 1.807) is 17.5 Å². The molecule has 1 aromatic rings. The van der Waals surface area contributed by atoms with E-state index in [9.17, 15) is 18.6 Å². The average Bonchev–Trinajstić information content (AvgIpc) is 3.26. The fourth-order valence-corrected chi connectivity index (χ4v) is 5.40. The molecular weight excluding hydrogens is 340 g/mol. The van der Waals surface area contributed by atoms with Gasteiger partial charge in [0.1, 0.15) is 16.4 Å². The Balaban J connectivity index is 1.69. The van der Waals surface area contributed by atoms with Crippen LogP contribution in [0.5, 0.6) is 0 Å². The highest BCUT2D eigenvalue weighted by Gasteiger charge is 2.46. The number of nitrogens with zero attached hydrogens (tertiary/aromatic N) is 1. The Bertz CT molecular complexity index is 601. The van der Waals surface area contributed by atoms with E-state index in [0.29, 0.717) is 0 Å². The molecule has 0 bridgehead atoms. The molecular formula is C14H22N2O5S2. The fourth-order valence-electron chi connectivity index (χ4n) is 3.32. The van der Waals surface area contributed by atoms with Crippen LogP contribution >= 0.6 is 11.3 Å². The van der Waals surface area contributed by atoms with Crippen LogP contribution in [-0.4, -0.2) is 74.1 Å². The van der Waals surface area contributed by atoms with Gasteiger partial charge in [0, 0.05) is 6.54 Å². The molecule has 0 amide bonds. The monoisotopic (exact) mass is 362 g/mol. The molecule has 23 heavy (non-hydrogen) atoms. The van der Waals surface area contributed by atoms with Crippen molar-refractivity contribution >= 4 is 21.4 Å². The van der Waals surface area contributed by atoms with E-state index < -0.39 is 28.3 Å². The number of hydrogen-bond acceptors (Lipinski definition) is 7. The summed E-state index contributed by atoms with van der Waals surface area (Å²) in [6.07, 6.45) is 0.155. The lowest BCUT2D eigenvalue weighted by molar-refractivity contribution is -0.0201. The number of hydrogen-bond donors (Lipinski definition) is 3. The number of rotatable bonds is 6. The van der Waals surface area contributed by atoms with Crippen molar-refractivity contribution in [2.45, 2.75) is 41.4 Å². The van der Waals surface area contributed by atoms with Gasteiger partial charge in [-0.05, 0) is 37.4 Å². The van der Waals surface area contributed by atoms with E-state index in [2.05, 4.69) is 9.62 Å². The van der Waals surface area contributed by atoms with Crippen LogP contribution in [0.25, 0.3) is 0 Å². The predicted molar refractivity (Wildman–Crippen MR) is 85.9 cm³/mol. The first kappa shape index (κ1) is 17.3. The van der Waals surface area contributed by atoms with Crippen molar-refractivity contribution in [1.29, 1.82) is 0 Å². The summed E-state index contributed by atoms with van der Waals surface area (Å²) in [5.41, 5.74) is 0. The number of sulfonamides is 1. The maximum Gasteiger partial charge on any atom is 0.250 e. The Hall–Kier alpha value is -0.550. The summed E-state index contributed by atoms with van der Waals surface area (Å²) in [7, 11) is -3.57. The van der Waals surface area contributed by atoms with E-state index in [1.165, 1.54) is 0 Å². The number of thiophene rings is 1. The van der Waals surface area contributed by atoms with Crippen LogP contribution in [-0.2, 0) is 14.8 Å². The lowest BCUT2D eigenvalue weighted by Crippen LogP contribution is -2.50. The first-order valence-electron chi connectivity index (χ1n) is 7.74. The highest BCUT2D eigenvalue weighted by atomic mass is 32.2. The summed E-state index contributed by atoms with van der Waals surface area (Å²) in [5, 5.41) is 21.5.